The highest BCUT2D eigenvalue weighted by atomic mass is 16.1. The zero-order valence-corrected chi connectivity index (χ0v) is 12.6. The summed E-state index contributed by atoms with van der Waals surface area (Å²) in [6.45, 7) is 12.3. The molecule has 1 amide bonds. The summed E-state index contributed by atoms with van der Waals surface area (Å²) < 4.78 is 0. The van der Waals surface area contributed by atoms with Crippen molar-refractivity contribution in [2.45, 2.75) is 54.4 Å². The molecule has 0 atom stereocenters. The van der Waals surface area contributed by atoms with Crippen LogP contribution >= 0.6 is 0 Å². The summed E-state index contributed by atoms with van der Waals surface area (Å²) in [4.78, 5) is 11.6. The van der Waals surface area contributed by atoms with Gasteiger partial charge in [-0.2, -0.15) is 0 Å². The fourth-order valence-corrected chi connectivity index (χ4v) is 1.75. The van der Waals surface area contributed by atoms with Crippen molar-refractivity contribution in [3.8, 4) is 0 Å². The van der Waals surface area contributed by atoms with Crippen LogP contribution in [-0.4, -0.2) is 5.91 Å². The Hall–Kier alpha value is -1.31. The van der Waals surface area contributed by atoms with Gasteiger partial charge in [0.2, 0.25) is 5.91 Å². The lowest BCUT2D eigenvalue weighted by Crippen LogP contribution is -2.13. The Kier molecular flexibility index (Phi) is 8.10. The van der Waals surface area contributed by atoms with Gasteiger partial charge in [-0.25, -0.2) is 0 Å². The molecule has 0 saturated heterocycles. The summed E-state index contributed by atoms with van der Waals surface area (Å²) in [5.74, 6) is 0.495. The zero-order valence-electron chi connectivity index (χ0n) is 12.6. The second-order valence-electron chi connectivity index (χ2n) is 4.64. The second kappa shape index (κ2) is 8.73. The van der Waals surface area contributed by atoms with Gasteiger partial charge in [0.1, 0.15) is 0 Å². The maximum atomic E-state index is 11.6. The second-order valence-corrected chi connectivity index (χ2v) is 4.64. The Morgan fingerprint density at radius 2 is 1.89 bits per heavy atom. The van der Waals surface area contributed by atoms with Gasteiger partial charge >= 0.3 is 0 Å². The minimum atomic E-state index is 0.0960. The van der Waals surface area contributed by atoms with Gasteiger partial charge in [0, 0.05) is 12.1 Å². The monoisotopic (exact) mass is 249 g/mol. The van der Waals surface area contributed by atoms with Gasteiger partial charge in [-0.15, -0.1) is 0 Å². The molecule has 0 aliphatic rings. The first-order valence-electron chi connectivity index (χ1n) is 6.92. The molecule has 0 aliphatic heterocycles. The van der Waals surface area contributed by atoms with E-state index >= 15 is 0 Å². The molecule has 18 heavy (non-hydrogen) atoms. The summed E-state index contributed by atoms with van der Waals surface area (Å²) in [5.41, 5.74) is 3.48. The summed E-state index contributed by atoms with van der Waals surface area (Å²) in [7, 11) is 0. The van der Waals surface area contributed by atoms with E-state index in [1.807, 2.05) is 39.8 Å². The van der Waals surface area contributed by atoms with Gasteiger partial charge in [0.15, 0.2) is 0 Å². The predicted octanol–water partition coefficient (Wildman–Crippen LogP) is 4.57. The molecular weight excluding hydrogens is 222 g/mol. The normalized spacial score (nSPS) is 9.72. The third-order valence-electron chi connectivity index (χ3n) is 2.60. The summed E-state index contributed by atoms with van der Waals surface area (Å²) in [6, 6.07) is 6.10. The van der Waals surface area contributed by atoms with Crippen molar-refractivity contribution in [3.05, 3.63) is 29.3 Å². The molecule has 0 aliphatic carbocycles. The van der Waals surface area contributed by atoms with Crippen molar-refractivity contribution in [2.24, 2.45) is 5.92 Å². The van der Waals surface area contributed by atoms with E-state index < -0.39 is 0 Å². The van der Waals surface area contributed by atoms with E-state index in [2.05, 4.69) is 25.2 Å². The van der Waals surface area contributed by atoms with Gasteiger partial charge in [-0.1, -0.05) is 40.7 Å². The Morgan fingerprint density at radius 1 is 1.28 bits per heavy atom. The molecular formula is C16H27NO. The molecule has 0 saturated carbocycles. The van der Waals surface area contributed by atoms with Crippen molar-refractivity contribution in [3.63, 3.8) is 0 Å². The minimum absolute atomic E-state index is 0.0960. The lowest BCUT2D eigenvalue weighted by Gasteiger charge is -2.09. The summed E-state index contributed by atoms with van der Waals surface area (Å²) >= 11 is 0. The van der Waals surface area contributed by atoms with Crippen molar-refractivity contribution >= 4 is 11.6 Å². The molecule has 0 heterocycles. The molecule has 0 fully saturated rings. The van der Waals surface area contributed by atoms with E-state index in [1.165, 1.54) is 11.1 Å². The van der Waals surface area contributed by atoms with Gasteiger partial charge < -0.3 is 5.32 Å². The minimum Gasteiger partial charge on any atom is -0.326 e. The van der Waals surface area contributed by atoms with Crippen LogP contribution in [0.1, 0.15) is 52.2 Å². The Bertz CT molecular complexity index is 369. The number of hydrogen-bond donors (Lipinski definition) is 1. The Labute approximate surface area is 112 Å². The quantitative estimate of drug-likeness (QED) is 0.832. The van der Waals surface area contributed by atoms with Crippen LogP contribution in [0.3, 0.4) is 0 Å². The fourth-order valence-electron chi connectivity index (χ4n) is 1.75. The van der Waals surface area contributed by atoms with Crippen molar-refractivity contribution in [2.75, 3.05) is 5.32 Å². The molecule has 2 heteroatoms. The van der Waals surface area contributed by atoms with Gasteiger partial charge in [-0.3, -0.25) is 4.79 Å². The van der Waals surface area contributed by atoms with E-state index in [4.69, 9.17) is 0 Å². The van der Waals surface area contributed by atoms with Crippen LogP contribution in [0.15, 0.2) is 18.2 Å². The van der Waals surface area contributed by atoms with Gasteiger partial charge in [0.05, 0.1) is 0 Å². The van der Waals surface area contributed by atoms with E-state index in [1.54, 1.807) is 0 Å². The molecule has 1 N–H and O–H groups in total. The van der Waals surface area contributed by atoms with Crippen LogP contribution in [0.5, 0.6) is 0 Å². The van der Waals surface area contributed by atoms with Crippen LogP contribution < -0.4 is 5.32 Å². The number of carbonyl (C=O) groups is 1. The predicted molar refractivity (Wildman–Crippen MR) is 80.0 cm³/mol. The van der Waals surface area contributed by atoms with Crippen LogP contribution in [-0.2, 0) is 11.2 Å². The van der Waals surface area contributed by atoms with Gasteiger partial charge in [0.25, 0.3) is 0 Å². The van der Waals surface area contributed by atoms with E-state index in [-0.39, 0.29) is 5.91 Å². The van der Waals surface area contributed by atoms with Crippen molar-refractivity contribution in [1.82, 2.24) is 0 Å². The lowest BCUT2D eigenvalue weighted by molar-refractivity contribution is -0.116. The van der Waals surface area contributed by atoms with Crippen molar-refractivity contribution in [1.29, 1.82) is 0 Å². The van der Waals surface area contributed by atoms with E-state index in [9.17, 15) is 4.79 Å². The number of anilines is 1. The first-order chi connectivity index (χ1) is 8.52. The third kappa shape index (κ3) is 5.85. The molecule has 0 radical (unpaired) electrons. The highest BCUT2D eigenvalue weighted by Crippen LogP contribution is 2.16. The first kappa shape index (κ1) is 16.7. The summed E-state index contributed by atoms with van der Waals surface area (Å²) in [5, 5.41) is 2.93. The molecule has 0 bridgehead atoms. The SMILES string of the molecule is CC.CCc1ccc(NC(=O)CC(C)C)cc1C. The highest BCUT2D eigenvalue weighted by molar-refractivity contribution is 5.90. The number of benzene rings is 1. The third-order valence-corrected chi connectivity index (χ3v) is 2.60. The molecule has 0 unspecified atom stereocenters. The number of carbonyl (C=O) groups excluding carboxylic acids is 1. The molecule has 0 aromatic heterocycles. The average Bonchev–Trinajstić information content (AvgIpc) is 2.30. The number of aryl methyl sites for hydroxylation is 2. The Morgan fingerprint density at radius 3 is 2.33 bits per heavy atom. The van der Waals surface area contributed by atoms with Crippen LogP contribution in [0.4, 0.5) is 5.69 Å². The molecule has 1 aromatic carbocycles. The topological polar surface area (TPSA) is 29.1 Å². The van der Waals surface area contributed by atoms with Crippen LogP contribution in [0.25, 0.3) is 0 Å². The standard InChI is InChI=1S/C14H21NO.C2H6/c1-5-12-6-7-13(9-11(12)4)15-14(16)8-10(2)3;1-2/h6-7,9-10H,5,8H2,1-4H3,(H,15,16);1-2H3. The zero-order chi connectivity index (χ0) is 14.1. The molecule has 0 spiro atoms. The van der Waals surface area contributed by atoms with E-state index in [0.29, 0.717) is 12.3 Å². The fraction of sp³-hybridized carbons (Fsp3) is 0.562. The maximum absolute atomic E-state index is 11.6. The average molecular weight is 249 g/mol. The first-order valence-corrected chi connectivity index (χ1v) is 6.92. The van der Waals surface area contributed by atoms with Crippen LogP contribution in [0.2, 0.25) is 0 Å². The molecule has 102 valence electrons. The van der Waals surface area contributed by atoms with Crippen LogP contribution in [0, 0.1) is 12.8 Å². The summed E-state index contributed by atoms with van der Waals surface area (Å²) in [6.07, 6.45) is 1.61. The number of hydrogen-bond acceptors (Lipinski definition) is 1. The van der Waals surface area contributed by atoms with Crippen molar-refractivity contribution < 1.29 is 4.79 Å². The number of rotatable bonds is 4. The smallest absolute Gasteiger partial charge is 0.224 e. The molecule has 1 aromatic rings. The highest BCUT2D eigenvalue weighted by Gasteiger charge is 2.05. The number of nitrogens with one attached hydrogen (secondary N) is 1. The Balaban J connectivity index is 0.00000137. The lowest BCUT2D eigenvalue weighted by atomic mass is 10.1. The van der Waals surface area contributed by atoms with E-state index in [0.717, 1.165) is 12.1 Å². The maximum Gasteiger partial charge on any atom is 0.224 e. The molecule has 1 rings (SSSR count). The molecule has 2 nitrogen and oxygen atoms in total. The van der Waals surface area contributed by atoms with Gasteiger partial charge in [-0.05, 0) is 42.5 Å². The number of amides is 1. The largest absolute Gasteiger partial charge is 0.326 e.